The third-order valence-electron chi connectivity index (χ3n) is 5.66. The van der Waals surface area contributed by atoms with Crippen molar-refractivity contribution < 1.29 is 24.5 Å². The van der Waals surface area contributed by atoms with Crippen LogP contribution in [0.4, 0.5) is 0 Å². The van der Waals surface area contributed by atoms with Gasteiger partial charge in [0.1, 0.15) is 5.76 Å². The number of phenolic OH excluding ortho intramolecular Hbond substituents is 1. The molecule has 3 rings (SSSR count). The Bertz CT molecular complexity index is 983. The zero-order valence-corrected chi connectivity index (χ0v) is 18.0. The van der Waals surface area contributed by atoms with Gasteiger partial charge in [-0.25, -0.2) is 0 Å². The molecule has 1 amide bonds. The topological polar surface area (TPSA) is 90.3 Å². The van der Waals surface area contributed by atoms with Crippen LogP contribution in [0.3, 0.4) is 0 Å². The molecule has 31 heavy (non-hydrogen) atoms. The summed E-state index contributed by atoms with van der Waals surface area (Å²) in [7, 11) is 1.43. The molecule has 7 nitrogen and oxygen atoms in total. The first-order chi connectivity index (χ1) is 14.9. The Hall–Kier alpha value is -3.32. The van der Waals surface area contributed by atoms with E-state index in [0.717, 1.165) is 13.1 Å². The van der Waals surface area contributed by atoms with E-state index in [1.54, 1.807) is 36.4 Å². The van der Waals surface area contributed by atoms with Crippen molar-refractivity contribution in [3.8, 4) is 11.5 Å². The minimum Gasteiger partial charge on any atom is -0.507 e. The Morgan fingerprint density at radius 3 is 2.39 bits per heavy atom. The molecule has 164 valence electrons. The number of rotatable bonds is 8. The molecule has 1 saturated heterocycles. The Morgan fingerprint density at radius 2 is 1.77 bits per heavy atom. The minimum atomic E-state index is -0.787. The predicted molar refractivity (Wildman–Crippen MR) is 118 cm³/mol. The molecule has 2 aromatic carbocycles. The summed E-state index contributed by atoms with van der Waals surface area (Å²) in [6, 6.07) is 12.6. The molecule has 1 heterocycles. The van der Waals surface area contributed by atoms with Gasteiger partial charge >= 0.3 is 0 Å². The summed E-state index contributed by atoms with van der Waals surface area (Å²) >= 11 is 0. The van der Waals surface area contributed by atoms with Crippen LogP contribution in [0.1, 0.15) is 31.0 Å². The summed E-state index contributed by atoms with van der Waals surface area (Å²) in [5, 5.41) is 21.0. The number of Topliss-reactive ketones (excluding diaryl/α,β-unsaturated/α-hetero) is 1. The summed E-state index contributed by atoms with van der Waals surface area (Å²) in [6.45, 7) is 6.64. The average Bonchev–Trinajstić information content (AvgIpc) is 3.05. The van der Waals surface area contributed by atoms with E-state index in [1.807, 2.05) is 19.9 Å². The highest BCUT2D eigenvalue weighted by Gasteiger charge is 2.46. The predicted octanol–water partition coefficient (Wildman–Crippen LogP) is 3.16. The number of aromatic hydroxyl groups is 1. The van der Waals surface area contributed by atoms with E-state index in [9.17, 15) is 19.8 Å². The van der Waals surface area contributed by atoms with Gasteiger partial charge in [0.15, 0.2) is 11.5 Å². The summed E-state index contributed by atoms with van der Waals surface area (Å²) in [5.41, 5.74) is 1.06. The van der Waals surface area contributed by atoms with E-state index in [2.05, 4.69) is 4.90 Å². The fourth-order valence-corrected chi connectivity index (χ4v) is 3.86. The Balaban J connectivity index is 2.13. The first kappa shape index (κ1) is 22.4. The van der Waals surface area contributed by atoms with Gasteiger partial charge in [-0.3, -0.25) is 9.59 Å². The highest BCUT2D eigenvalue weighted by atomic mass is 16.5. The van der Waals surface area contributed by atoms with Crippen LogP contribution in [0, 0.1) is 0 Å². The van der Waals surface area contributed by atoms with Crippen molar-refractivity contribution in [2.45, 2.75) is 19.9 Å². The van der Waals surface area contributed by atoms with Gasteiger partial charge in [-0.05, 0) is 30.8 Å². The molecule has 1 fully saturated rings. The SMILES string of the molecule is CCN(CC)CCN1C(=O)C(=O)/C(=C(/O)c2ccccc2)[C@@H]1c1ccc(O)c(OC)c1. The van der Waals surface area contributed by atoms with Gasteiger partial charge in [0, 0.05) is 18.7 Å². The van der Waals surface area contributed by atoms with Crippen LogP contribution in [0.5, 0.6) is 11.5 Å². The fourth-order valence-electron chi connectivity index (χ4n) is 3.86. The third-order valence-corrected chi connectivity index (χ3v) is 5.66. The lowest BCUT2D eigenvalue weighted by atomic mass is 9.95. The largest absolute Gasteiger partial charge is 0.507 e. The van der Waals surface area contributed by atoms with E-state index in [1.165, 1.54) is 18.1 Å². The number of ether oxygens (including phenoxy) is 1. The van der Waals surface area contributed by atoms with Crippen molar-refractivity contribution in [1.29, 1.82) is 0 Å². The maximum absolute atomic E-state index is 13.0. The molecule has 2 N–H and O–H groups in total. The quantitative estimate of drug-likeness (QED) is 0.384. The van der Waals surface area contributed by atoms with Gasteiger partial charge in [0.2, 0.25) is 0 Å². The van der Waals surface area contributed by atoms with E-state index >= 15 is 0 Å². The number of hydrogen-bond acceptors (Lipinski definition) is 6. The number of nitrogens with zero attached hydrogens (tertiary/aromatic N) is 2. The van der Waals surface area contributed by atoms with Gasteiger partial charge in [0.05, 0.1) is 18.7 Å². The highest BCUT2D eigenvalue weighted by molar-refractivity contribution is 6.46. The number of carbonyl (C=O) groups excluding carboxylic acids is 2. The molecule has 2 aromatic rings. The van der Waals surface area contributed by atoms with Crippen molar-refractivity contribution in [3.05, 3.63) is 65.2 Å². The summed E-state index contributed by atoms with van der Waals surface area (Å²) < 4.78 is 5.22. The average molecular weight is 424 g/mol. The van der Waals surface area contributed by atoms with Gasteiger partial charge in [0.25, 0.3) is 11.7 Å². The van der Waals surface area contributed by atoms with Gasteiger partial charge in [-0.15, -0.1) is 0 Å². The van der Waals surface area contributed by atoms with E-state index < -0.39 is 17.7 Å². The number of benzene rings is 2. The van der Waals surface area contributed by atoms with Crippen molar-refractivity contribution in [2.24, 2.45) is 0 Å². The van der Waals surface area contributed by atoms with Crippen molar-refractivity contribution >= 4 is 17.4 Å². The number of hydrogen-bond donors (Lipinski definition) is 2. The lowest BCUT2D eigenvalue weighted by molar-refractivity contribution is -0.140. The smallest absolute Gasteiger partial charge is 0.295 e. The maximum Gasteiger partial charge on any atom is 0.295 e. The van der Waals surface area contributed by atoms with Crippen LogP contribution in [-0.2, 0) is 9.59 Å². The number of likely N-dealkylation sites (N-methyl/N-ethyl adjacent to an activating group) is 1. The first-order valence-corrected chi connectivity index (χ1v) is 10.4. The second-order valence-corrected chi connectivity index (χ2v) is 7.32. The van der Waals surface area contributed by atoms with Crippen molar-refractivity contribution in [3.63, 3.8) is 0 Å². The Kier molecular flexibility index (Phi) is 6.97. The highest BCUT2D eigenvalue weighted by Crippen LogP contribution is 2.41. The molecule has 0 aliphatic carbocycles. The maximum atomic E-state index is 13.0. The lowest BCUT2D eigenvalue weighted by Crippen LogP contribution is -2.38. The third kappa shape index (κ3) is 4.41. The van der Waals surface area contributed by atoms with Crippen LogP contribution in [0.15, 0.2) is 54.1 Å². The number of aliphatic hydroxyl groups excluding tert-OH is 1. The zero-order chi connectivity index (χ0) is 22.5. The van der Waals surface area contributed by atoms with E-state index in [4.69, 9.17) is 4.74 Å². The number of ketones is 1. The summed E-state index contributed by atoms with van der Waals surface area (Å²) in [5.74, 6) is -1.41. The number of amides is 1. The number of methoxy groups -OCH3 is 1. The molecular formula is C24H28N2O5. The molecule has 7 heteroatoms. The normalized spacial score (nSPS) is 18.1. The summed E-state index contributed by atoms with van der Waals surface area (Å²) in [4.78, 5) is 29.6. The molecule has 1 aliphatic rings. The Morgan fingerprint density at radius 1 is 1.10 bits per heavy atom. The molecule has 0 bridgehead atoms. The van der Waals surface area contributed by atoms with Gasteiger partial charge in [-0.2, -0.15) is 0 Å². The van der Waals surface area contributed by atoms with Crippen LogP contribution in [-0.4, -0.2) is 65.0 Å². The number of likely N-dealkylation sites (tertiary alicyclic amines) is 1. The molecule has 0 saturated carbocycles. The monoisotopic (exact) mass is 424 g/mol. The molecule has 1 atom stereocenters. The second-order valence-electron chi connectivity index (χ2n) is 7.32. The Labute approximate surface area is 182 Å². The molecule has 0 spiro atoms. The molecular weight excluding hydrogens is 396 g/mol. The molecule has 0 unspecified atom stereocenters. The molecule has 1 aliphatic heterocycles. The second kappa shape index (κ2) is 9.66. The van der Waals surface area contributed by atoms with Gasteiger partial charge in [-0.1, -0.05) is 50.2 Å². The summed E-state index contributed by atoms with van der Waals surface area (Å²) in [6.07, 6.45) is 0. The van der Waals surface area contributed by atoms with Crippen LogP contribution >= 0.6 is 0 Å². The number of aliphatic hydroxyl groups is 1. The van der Waals surface area contributed by atoms with Crippen molar-refractivity contribution in [2.75, 3.05) is 33.3 Å². The van der Waals surface area contributed by atoms with Crippen LogP contribution in [0.2, 0.25) is 0 Å². The van der Waals surface area contributed by atoms with Crippen LogP contribution < -0.4 is 4.74 Å². The first-order valence-electron chi connectivity index (χ1n) is 10.4. The van der Waals surface area contributed by atoms with Gasteiger partial charge < -0.3 is 24.7 Å². The van der Waals surface area contributed by atoms with E-state index in [0.29, 0.717) is 24.2 Å². The molecule has 0 aromatic heterocycles. The van der Waals surface area contributed by atoms with E-state index in [-0.39, 0.29) is 22.8 Å². The zero-order valence-electron chi connectivity index (χ0n) is 18.0. The van der Waals surface area contributed by atoms with Crippen LogP contribution in [0.25, 0.3) is 5.76 Å². The number of carbonyl (C=O) groups is 2. The molecule has 0 radical (unpaired) electrons. The van der Waals surface area contributed by atoms with Crippen molar-refractivity contribution in [1.82, 2.24) is 9.80 Å². The lowest BCUT2D eigenvalue weighted by Gasteiger charge is -2.28. The minimum absolute atomic E-state index is 0.0310. The fraction of sp³-hybridized carbons (Fsp3) is 0.333. The number of phenols is 1. The standard InChI is InChI=1S/C24H28N2O5/c1-4-25(5-2)13-14-26-21(17-11-12-18(27)19(15-17)31-3)20(23(29)24(26)30)22(28)16-9-7-6-8-10-16/h6-12,15,21,27-28H,4-5,13-14H2,1-3H3/b22-20+/t21-/m0/s1.